The van der Waals surface area contributed by atoms with Gasteiger partial charge in [0.1, 0.15) is 17.2 Å². The minimum atomic E-state index is -1.60. The van der Waals surface area contributed by atoms with Crippen molar-refractivity contribution in [3.63, 3.8) is 0 Å². The number of carbonyl (C=O) groups excluding carboxylic acids is 3. The van der Waals surface area contributed by atoms with Crippen LogP contribution in [0.25, 0.3) is 0 Å². The van der Waals surface area contributed by atoms with E-state index in [0.717, 1.165) is 0 Å². The van der Waals surface area contributed by atoms with E-state index in [-0.39, 0.29) is 11.6 Å². The molecule has 0 unspecified atom stereocenters. The second-order valence-corrected chi connectivity index (χ2v) is 8.15. The Morgan fingerprint density at radius 1 is 1.00 bits per heavy atom. The zero-order chi connectivity index (χ0) is 21.8. The van der Waals surface area contributed by atoms with E-state index in [4.69, 9.17) is 20.8 Å². The van der Waals surface area contributed by atoms with Crippen LogP contribution in [-0.2, 0) is 9.53 Å². The first-order valence-corrected chi connectivity index (χ1v) is 10.2. The van der Waals surface area contributed by atoms with Gasteiger partial charge in [-0.15, -0.1) is 0 Å². The zero-order valence-electron chi connectivity index (χ0n) is 16.5. The molecule has 1 fully saturated rings. The predicted molar refractivity (Wildman–Crippen MR) is 112 cm³/mol. The van der Waals surface area contributed by atoms with Crippen LogP contribution in [0.5, 0.6) is 0 Å². The van der Waals surface area contributed by atoms with Crippen LogP contribution in [-0.4, -0.2) is 30.7 Å². The fraction of sp³-hybridized carbons (Fsp3) is 0.208. The van der Waals surface area contributed by atoms with E-state index in [2.05, 4.69) is 5.32 Å². The SMILES string of the molecule is COC(=O)[C@@H]1N[C@@H](c2ccc(Cl)cc2)C2(C(=O)c3ccccc3C2=O)[C@H]1c1ccco1. The average Bonchev–Trinajstić information content (AvgIpc) is 3.49. The van der Waals surface area contributed by atoms with Crippen molar-refractivity contribution in [3.8, 4) is 0 Å². The van der Waals surface area contributed by atoms with E-state index in [1.165, 1.54) is 13.4 Å². The van der Waals surface area contributed by atoms with E-state index in [1.54, 1.807) is 60.7 Å². The molecule has 5 rings (SSSR count). The number of benzene rings is 2. The second kappa shape index (κ2) is 7.18. The molecule has 3 atom stereocenters. The van der Waals surface area contributed by atoms with Crippen LogP contribution >= 0.6 is 11.6 Å². The van der Waals surface area contributed by atoms with Crippen LogP contribution in [0.4, 0.5) is 0 Å². The van der Waals surface area contributed by atoms with Gasteiger partial charge in [0.05, 0.1) is 25.3 Å². The lowest BCUT2D eigenvalue weighted by Crippen LogP contribution is -2.43. The summed E-state index contributed by atoms with van der Waals surface area (Å²) >= 11 is 6.07. The Morgan fingerprint density at radius 3 is 2.19 bits per heavy atom. The van der Waals surface area contributed by atoms with Crippen LogP contribution < -0.4 is 5.32 Å². The van der Waals surface area contributed by atoms with Crippen molar-refractivity contribution in [1.29, 1.82) is 0 Å². The Balaban J connectivity index is 1.79. The van der Waals surface area contributed by atoms with Gasteiger partial charge in [0.2, 0.25) is 0 Å². The fourth-order valence-electron chi connectivity index (χ4n) is 5.02. The summed E-state index contributed by atoms with van der Waals surface area (Å²) in [6.45, 7) is 0. The number of carbonyl (C=O) groups is 3. The van der Waals surface area contributed by atoms with Crippen LogP contribution in [0.2, 0.25) is 5.02 Å². The fourth-order valence-corrected chi connectivity index (χ4v) is 5.15. The standard InChI is InChI=1S/C24H18ClNO5/c1-30-23(29)19-18(17-7-4-12-31-17)24(20(26-19)13-8-10-14(25)11-9-13)21(27)15-5-2-3-6-16(15)22(24)28/h2-12,18-20,26H,1H3/t18-,19+,20-/m0/s1. The number of halogens is 1. The molecule has 31 heavy (non-hydrogen) atoms. The summed E-state index contributed by atoms with van der Waals surface area (Å²) in [5.41, 5.74) is -0.249. The average molecular weight is 436 g/mol. The molecule has 7 heteroatoms. The van der Waals surface area contributed by atoms with E-state index in [0.29, 0.717) is 27.5 Å². The first-order chi connectivity index (χ1) is 15.0. The normalized spacial score (nSPS) is 23.9. The van der Waals surface area contributed by atoms with Crippen molar-refractivity contribution in [3.05, 3.63) is 94.4 Å². The third-order valence-electron chi connectivity index (χ3n) is 6.30. The van der Waals surface area contributed by atoms with Gasteiger partial charge in [-0.05, 0) is 29.8 Å². The van der Waals surface area contributed by atoms with Crippen molar-refractivity contribution in [2.75, 3.05) is 7.11 Å². The lowest BCUT2D eigenvalue weighted by Gasteiger charge is -2.32. The topological polar surface area (TPSA) is 85.6 Å². The minimum absolute atomic E-state index is 0.339. The number of furan rings is 1. The smallest absolute Gasteiger partial charge is 0.323 e. The molecule has 0 radical (unpaired) electrons. The first kappa shape index (κ1) is 19.7. The number of fused-ring (bicyclic) bond motifs is 1. The van der Waals surface area contributed by atoms with Gasteiger partial charge in [0, 0.05) is 16.1 Å². The highest BCUT2D eigenvalue weighted by atomic mass is 35.5. The van der Waals surface area contributed by atoms with Gasteiger partial charge in [0.25, 0.3) is 0 Å². The molecule has 2 heterocycles. The predicted octanol–water partition coefficient (Wildman–Crippen LogP) is 3.97. The van der Waals surface area contributed by atoms with Gasteiger partial charge in [-0.1, -0.05) is 48.0 Å². The van der Waals surface area contributed by atoms with Gasteiger partial charge in [0.15, 0.2) is 11.6 Å². The maximum atomic E-state index is 14.0. The largest absolute Gasteiger partial charge is 0.469 e. The summed E-state index contributed by atoms with van der Waals surface area (Å²) in [6.07, 6.45) is 1.46. The van der Waals surface area contributed by atoms with Crippen LogP contribution in [0.1, 0.15) is 44.0 Å². The summed E-state index contributed by atoms with van der Waals surface area (Å²) in [5, 5.41) is 3.75. The van der Waals surface area contributed by atoms with Crippen molar-refractivity contribution in [2.24, 2.45) is 5.41 Å². The molecule has 156 valence electrons. The van der Waals surface area contributed by atoms with E-state index >= 15 is 0 Å². The lowest BCUT2D eigenvalue weighted by molar-refractivity contribution is -0.143. The number of ketones is 2. The molecule has 0 bridgehead atoms. The second-order valence-electron chi connectivity index (χ2n) is 7.72. The molecule has 0 amide bonds. The summed E-state index contributed by atoms with van der Waals surface area (Å²) < 4.78 is 10.7. The number of hydrogen-bond acceptors (Lipinski definition) is 6. The van der Waals surface area contributed by atoms with Gasteiger partial charge in [-0.3, -0.25) is 19.7 Å². The zero-order valence-corrected chi connectivity index (χ0v) is 17.3. The molecule has 1 aliphatic carbocycles. The number of Topliss-reactive ketones (excluding diaryl/α,β-unsaturated/α-hetero) is 2. The molecular formula is C24H18ClNO5. The Morgan fingerprint density at radius 2 is 1.65 bits per heavy atom. The monoisotopic (exact) mass is 435 g/mol. The molecule has 1 aliphatic heterocycles. The Labute approximate surface area is 183 Å². The quantitative estimate of drug-likeness (QED) is 0.495. The van der Waals surface area contributed by atoms with Crippen LogP contribution in [0.3, 0.4) is 0 Å². The number of nitrogens with one attached hydrogen (secondary N) is 1. The van der Waals surface area contributed by atoms with Crippen molar-refractivity contribution in [2.45, 2.75) is 18.0 Å². The van der Waals surface area contributed by atoms with E-state index in [9.17, 15) is 14.4 Å². The molecule has 1 saturated heterocycles. The number of esters is 1. The van der Waals surface area contributed by atoms with Crippen molar-refractivity contribution >= 4 is 29.1 Å². The molecule has 1 spiro atoms. The third kappa shape index (κ3) is 2.65. The molecule has 1 N–H and O–H groups in total. The highest BCUT2D eigenvalue weighted by molar-refractivity contribution is 6.31. The van der Waals surface area contributed by atoms with Gasteiger partial charge in [-0.25, -0.2) is 0 Å². The summed E-state index contributed by atoms with van der Waals surface area (Å²) in [5.74, 6) is -1.77. The Kier molecular flexibility index (Phi) is 4.57. The third-order valence-corrected chi connectivity index (χ3v) is 6.55. The number of methoxy groups -OCH3 is 1. The van der Waals surface area contributed by atoms with Crippen molar-refractivity contribution < 1.29 is 23.5 Å². The summed E-state index contributed by atoms with van der Waals surface area (Å²) in [4.78, 5) is 40.7. The number of hydrogen-bond donors (Lipinski definition) is 1. The number of ether oxygens (including phenoxy) is 1. The Hall–Kier alpha value is -3.22. The van der Waals surface area contributed by atoms with Gasteiger partial charge in [-0.2, -0.15) is 0 Å². The highest BCUT2D eigenvalue weighted by Crippen LogP contribution is 2.59. The maximum Gasteiger partial charge on any atom is 0.323 e. The molecule has 1 aromatic heterocycles. The lowest BCUT2D eigenvalue weighted by atomic mass is 9.65. The molecule has 2 aliphatic rings. The maximum absolute atomic E-state index is 14.0. The first-order valence-electron chi connectivity index (χ1n) is 9.81. The Bertz CT molecular complexity index is 1150. The molecular weight excluding hydrogens is 418 g/mol. The van der Waals surface area contributed by atoms with E-state index < -0.39 is 29.4 Å². The van der Waals surface area contributed by atoms with Crippen LogP contribution in [0, 0.1) is 5.41 Å². The van der Waals surface area contributed by atoms with Gasteiger partial charge >= 0.3 is 5.97 Å². The molecule has 2 aromatic carbocycles. The summed E-state index contributed by atoms with van der Waals surface area (Å²) in [6, 6.07) is 15.2. The van der Waals surface area contributed by atoms with E-state index in [1.807, 2.05) is 0 Å². The molecule has 3 aromatic rings. The summed E-state index contributed by atoms with van der Waals surface area (Å²) in [7, 11) is 1.28. The number of rotatable bonds is 3. The highest BCUT2D eigenvalue weighted by Gasteiger charge is 2.70. The van der Waals surface area contributed by atoms with Crippen molar-refractivity contribution in [1.82, 2.24) is 5.32 Å². The van der Waals surface area contributed by atoms with Gasteiger partial charge < -0.3 is 9.15 Å². The molecule has 0 saturated carbocycles. The minimum Gasteiger partial charge on any atom is -0.469 e. The van der Waals surface area contributed by atoms with Crippen LogP contribution in [0.15, 0.2) is 71.3 Å². The molecule has 6 nitrogen and oxygen atoms in total.